The van der Waals surface area contributed by atoms with Crippen molar-refractivity contribution >= 4 is 11.8 Å². The number of halogens is 2. The Balaban J connectivity index is 2.59. The highest BCUT2D eigenvalue weighted by atomic mass is 19.2. The quantitative estimate of drug-likeness (QED) is 0.787. The third-order valence-electron chi connectivity index (χ3n) is 2.04. The van der Waals surface area contributed by atoms with Gasteiger partial charge in [0, 0.05) is 18.4 Å². The number of hydrogen-bond acceptors (Lipinski definition) is 2. The zero-order valence-corrected chi connectivity index (χ0v) is 8.37. The summed E-state index contributed by atoms with van der Waals surface area (Å²) < 4.78 is 25.3. The van der Waals surface area contributed by atoms with E-state index in [-0.39, 0.29) is 30.6 Å². The number of carboxylic acid groups (broad SMARTS) is 1. The van der Waals surface area contributed by atoms with E-state index in [1.54, 1.807) is 0 Å². The Bertz CT molecular complexity index is 416. The van der Waals surface area contributed by atoms with Crippen molar-refractivity contribution in [3.63, 3.8) is 0 Å². The van der Waals surface area contributed by atoms with Crippen LogP contribution >= 0.6 is 0 Å². The van der Waals surface area contributed by atoms with Crippen LogP contribution in [0.5, 0.6) is 0 Å². The number of ketones is 1. The van der Waals surface area contributed by atoms with Crippen molar-refractivity contribution in [3.05, 3.63) is 35.4 Å². The highest BCUT2D eigenvalue weighted by Gasteiger charge is 2.10. The molecule has 0 aliphatic heterocycles. The molecule has 0 atom stereocenters. The van der Waals surface area contributed by atoms with Crippen LogP contribution in [0.15, 0.2) is 18.2 Å². The number of carbonyl (C=O) groups excluding carboxylic acids is 1. The molecule has 0 fully saturated rings. The van der Waals surface area contributed by atoms with E-state index in [1.807, 2.05) is 0 Å². The van der Waals surface area contributed by atoms with Gasteiger partial charge in [-0.2, -0.15) is 0 Å². The minimum Gasteiger partial charge on any atom is -0.481 e. The summed E-state index contributed by atoms with van der Waals surface area (Å²) in [6, 6.07) is 2.87. The van der Waals surface area contributed by atoms with Gasteiger partial charge >= 0.3 is 5.97 Å². The van der Waals surface area contributed by atoms with Crippen LogP contribution in [0.25, 0.3) is 0 Å². The van der Waals surface area contributed by atoms with Crippen LogP contribution < -0.4 is 0 Å². The van der Waals surface area contributed by atoms with E-state index in [0.717, 1.165) is 12.1 Å². The fourth-order valence-electron chi connectivity index (χ4n) is 1.21. The van der Waals surface area contributed by atoms with Crippen LogP contribution in [-0.4, -0.2) is 16.9 Å². The third kappa shape index (κ3) is 3.42. The summed E-state index contributed by atoms with van der Waals surface area (Å²) in [4.78, 5) is 21.6. The van der Waals surface area contributed by atoms with Crippen molar-refractivity contribution in [1.29, 1.82) is 0 Å². The summed E-state index contributed by atoms with van der Waals surface area (Å²) in [5.41, 5.74) is 0.0595. The fraction of sp³-hybridized carbons (Fsp3) is 0.273. The molecule has 0 unspecified atom stereocenters. The number of carbonyl (C=O) groups is 2. The van der Waals surface area contributed by atoms with Gasteiger partial charge in [-0.25, -0.2) is 8.78 Å². The summed E-state index contributed by atoms with van der Waals surface area (Å²) in [6.07, 6.45) is 0.0833. The maximum Gasteiger partial charge on any atom is 0.303 e. The van der Waals surface area contributed by atoms with Gasteiger partial charge in [-0.15, -0.1) is 0 Å². The van der Waals surface area contributed by atoms with Crippen molar-refractivity contribution in [1.82, 2.24) is 0 Å². The summed E-state index contributed by atoms with van der Waals surface area (Å²) in [7, 11) is 0. The third-order valence-corrected chi connectivity index (χ3v) is 2.04. The molecule has 0 aromatic heterocycles. The molecule has 1 rings (SSSR count). The van der Waals surface area contributed by atoms with Gasteiger partial charge in [0.15, 0.2) is 17.4 Å². The first-order chi connectivity index (χ1) is 7.50. The Morgan fingerprint density at radius 3 is 2.38 bits per heavy atom. The number of aliphatic carboxylic acids is 1. The Hall–Kier alpha value is -1.78. The first-order valence-electron chi connectivity index (χ1n) is 4.70. The second-order valence-corrected chi connectivity index (χ2v) is 3.30. The zero-order chi connectivity index (χ0) is 12.1. The number of carboxylic acids is 1. The largest absolute Gasteiger partial charge is 0.481 e. The number of benzene rings is 1. The van der Waals surface area contributed by atoms with Gasteiger partial charge in [-0.05, 0) is 24.6 Å². The highest BCUT2D eigenvalue weighted by Crippen LogP contribution is 2.12. The molecule has 0 saturated carbocycles. The lowest BCUT2D eigenvalue weighted by atomic mass is 10.1. The van der Waals surface area contributed by atoms with Crippen molar-refractivity contribution in [2.75, 3.05) is 0 Å². The molecule has 3 nitrogen and oxygen atoms in total. The maximum absolute atomic E-state index is 12.8. The van der Waals surface area contributed by atoms with Crippen molar-refractivity contribution in [2.24, 2.45) is 0 Å². The van der Waals surface area contributed by atoms with Gasteiger partial charge in [-0.1, -0.05) is 0 Å². The molecule has 1 aromatic rings. The lowest BCUT2D eigenvalue weighted by molar-refractivity contribution is -0.137. The zero-order valence-electron chi connectivity index (χ0n) is 8.37. The normalized spacial score (nSPS) is 10.1. The van der Waals surface area contributed by atoms with E-state index in [1.165, 1.54) is 6.07 Å². The molecule has 0 aliphatic rings. The topological polar surface area (TPSA) is 54.4 Å². The molecule has 0 radical (unpaired) electrons. The average Bonchev–Trinajstić information content (AvgIpc) is 2.21. The van der Waals surface area contributed by atoms with Crippen LogP contribution in [0.1, 0.15) is 29.6 Å². The molecule has 0 bridgehead atoms. The van der Waals surface area contributed by atoms with Crippen molar-refractivity contribution in [2.45, 2.75) is 19.3 Å². The molecule has 1 aromatic carbocycles. The summed E-state index contributed by atoms with van der Waals surface area (Å²) in [5, 5.41) is 8.36. The van der Waals surface area contributed by atoms with E-state index in [2.05, 4.69) is 0 Å². The first kappa shape index (κ1) is 12.3. The minimum absolute atomic E-state index is 0.0113. The Kier molecular flexibility index (Phi) is 4.10. The van der Waals surface area contributed by atoms with Gasteiger partial charge in [0.1, 0.15) is 0 Å². The van der Waals surface area contributed by atoms with E-state index in [9.17, 15) is 18.4 Å². The Morgan fingerprint density at radius 2 is 1.81 bits per heavy atom. The summed E-state index contributed by atoms with van der Waals surface area (Å²) >= 11 is 0. The van der Waals surface area contributed by atoms with Gasteiger partial charge < -0.3 is 5.11 Å². The molecule has 5 heteroatoms. The SMILES string of the molecule is O=C(O)CCCC(=O)c1ccc(F)c(F)c1. The predicted octanol–water partition coefficient (Wildman–Crippen LogP) is 2.40. The van der Waals surface area contributed by atoms with Gasteiger partial charge in [0.25, 0.3) is 0 Å². The van der Waals surface area contributed by atoms with Crippen LogP contribution in [0, 0.1) is 11.6 Å². The lowest BCUT2D eigenvalue weighted by Crippen LogP contribution is -2.02. The molecule has 0 aliphatic carbocycles. The molecule has 0 amide bonds. The molecule has 86 valence electrons. The van der Waals surface area contributed by atoms with Gasteiger partial charge in [-0.3, -0.25) is 9.59 Å². The molecular formula is C11H10F2O3. The van der Waals surface area contributed by atoms with E-state index in [4.69, 9.17) is 5.11 Å². The lowest BCUT2D eigenvalue weighted by Gasteiger charge is -2.00. The van der Waals surface area contributed by atoms with Gasteiger partial charge in [0.2, 0.25) is 0 Å². The van der Waals surface area contributed by atoms with Crippen LogP contribution in [0.4, 0.5) is 8.78 Å². The van der Waals surface area contributed by atoms with Crippen LogP contribution in [-0.2, 0) is 4.79 Å². The molecule has 0 saturated heterocycles. The number of rotatable bonds is 5. The van der Waals surface area contributed by atoms with Crippen LogP contribution in [0.2, 0.25) is 0 Å². The van der Waals surface area contributed by atoms with Crippen molar-refractivity contribution in [3.8, 4) is 0 Å². The Morgan fingerprint density at radius 1 is 1.12 bits per heavy atom. The average molecular weight is 228 g/mol. The molecule has 0 spiro atoms. The first-order valence-corrected chi connectivity index (χ1v) is 4.70. The summed E-state index contributed by atoms with van der Waals surface area (Å²) in [6.45, 7) is 0. The van der Waals surface area contributed by atoms with E-state index >= 15 is 0 Å². The molecule has 16 heavy (non-hydrogen) atoms. The summed E-state index contributed by atoms with van der Waals surface area (Å²) in [5.74, 6) is -3.47. The van der Waals surface area contributed by atoms with E-state index < -0.39 is 17.6 Å². The molecule has 1 N–H and O–H groups in total. The minimum atomic E-state index is -1.08. The Labute approximate surface area is 90.7 Å². The predicted molar refractivity (Wildman–Crippen MR) is 52.2 cm³/mol. The number of hydrogen-bond donors (Lipinski definition) is 1. The second kappa shape index (κ2) is 5.34. The maximum atomic E-state index is 12.8. The smallest absolute Gasteiger partial charge is 0.303 e. The fourth-order valence-corrected chi connectivity index (χ4v) is 1.21. The standard InChI is InChI=1S/C11H10F2O3/c12-8-5-4-7(6-9(8)13)10(14)2-1-3-11(15)16/h4-6H,1-3H2,(H,15,16). The molecular weight excluding hydrogens is 218 g/mol. The van der Waals surface area contributed by atoms with Gasteiger partial charge in [0.05, 0.1) is 0 Å². The second-order valence-electron chi connectivity index (χ2n) is 3.30. The van der Waals surface area contributed by atoms with E-state index in [0.29, 0.717) is 0 Å². The monoisotopic (exact) mass is 228 g/mol. The van der Waals surface area contributed by atoms with Crippen molar-refractivity contribution < 1.29 is 23.5 Å². The molecule has 0 heterocycles. The number of Topliss-reactive ketones (excluding diaryl/α,β-unsaturated/α-hetero) is 1. The van der Waals surface area contributed by atoms with Crippen LogP contribution in [0.3, 0.4) is 0 Å². The highest BCUT2D eigenvalue weighted by molar-refractivity contribution is 5.96.